The van der Waals surface area contributed by atoms with Crippen LogP contribution in [0.5, 0.6) is 5.75 Å². The number of nitrogens with one attached hydrogen (secondary N) is 1. The minimum Gasteiger partial charge on any atom is -0.497 e. The molecule has 3 aliphatic rings. The van der Waals surface area contributed by atoms with Crippen LogP contribution in [-0.4, -0.2) is 84.3 Å². The molecule has 3 amide bonds. The van der Waals surface area contributed by atoms with Gasteiger partial charge in [0.1, 0.15) is 23.5 Å². The third-order valence-corrected chi connectivity index (χ3v) is 9.43. The molecule has 11 nitrogen and oxygen atoms in total. The van der Waals surface area contributed by atoms with Gasteiger partial charge in [-0.1, -0.05) is 42.5 Å². The summed E-state index contributed by atoms with van der Waals surface area (Å²) in [4.78, 5) is 58.3. The molecule has 2 bridgehead atoms. The first kappa shape index (κ1) is 33.9. The highest BCUT2D eigenvalue weighted by molar-refractivity contribution is 6.04. The van der Waals surface area contributed by atoms with Crippen molar-refractivity contribution in [3.63, 3.8) is 0 Å². The van der Waals surface area contributed by atoms with Crippen LogP contribution >= 0.6 is 0 Å². The highest BCUT2D eigenvalue weighted by atomic mass is 16.6. The minimum absolute atomic E-state index is 0.0425. The fraction of sp³-hybridized carbons (Fsp3) is 0.444. The fourth-order valence-corrected chi connectivity index (χ4v) is 7.20. The molecule has 3 saturated heterocycles. The van der Waals surface area contributed by atoms with Crippen LogP contribution in [0.1, 0.15) is 44.3 Å². The number of carbonyl (C=O) groups excluding carboxylic acids is 4. The van der Waals surface area contributed by atoms with E-state index in [2.05, 4.69) is 18.5 Å². The second-order valence-corrected chi connectivity index (χ2v) is 12.2. The van der Waals surface area contributed by atoms with Crippen molar-refractivity contribution < 1.29 is 38.5 Å². The van der Waals surface area contributed by atoms with Gasteiger partial charge in [-0.05, 0) is 56.0 Å². The van der Waals surface area contributed by atoms with Crippen LogP contribution in [0, 0.1) is 11.8 Å². The van der Waals surface area contributed by atoms with Crippen LogP contribution in [0.25, 0.3) is 0 Å². The molecule has 47 heavy (non-hydrogen) atoms. The molecule has 2 N–H and O–H groups in total. The number of ether oxygens (including phenoxy) is 3. The summed E-state index contributed by atoms with van der Waals surface area (Å²) in [6.07, 6.45) is 3.41. The van der Waals surface area contributed by atoms with Gasteiger partial charge in [0.15, 0.2) is 0 Å². The van der Waals surface area contributed by atoms with Crippen molar-refractivity contribution in [2.24, 2.45) is 11.8 Å². The van der Waals surface area contributed by atoms with Crippen LogP contribution in [0.4, 0.5) is 5.69 Å². The zero-order valence-corrected chi connectivity index (χ0v) is 26.9. The van der Waals surface area contributed by atoms with E-state index in [4.69, 9.17) is 14.2 Å². The molecule has 11 heteroatoms. The number of anilines is 1. The summed E-state index contributed by atoms with van der Waals surface area (Å²) in [5.41, 5.74) is -0.0348. The van der Waals surface area contributed by atoms with E-state index in [1.54, 1.807) is 62.6 Å². The summed E-state index contributed by atoms with van der Waals surface area (Å²) in [6, 6.07) is 14.2. The molecule has 3 aliphatic heterocycles. The third-order valence-electron chi connectivity index (χ3n) is 9.43. The summed E-state index contributed by atoms with van der Waals surface area (Å²) in [6.45, 7) is 8.96. The number of carbonyl (C=O) groups is 4. The Morgan fingerprint density at radius 1 is 1.15 bits per heavy atom. The number of methoxy groups -OCH3 is 1. The quantitative estimate of drug-likeness (QED) is 0.223. The number of esters is 1. The number of fused-ring (bicyclic) bond motifs is 1. The Kier molecular flexibility index (Phi) is 10.5. The number of rotatable bonds is 15. The first-order chi connectivity index (χ1) is 22.7. The molecule has 2 aromatic carbocycles. The Hall–Kier alpha value is -4.48. The highest BCUT2D eigenvalue weighted by Gasteiger charge is 2.75. The SMILES string of the molecule is C=CCCC(=O)NC[C@H](OC(=O)[C@@H]1[C@H]2C(=O)N([C@H](C)CO)[C@H](C(=O)N(CC=C)c3ccc(OC)cc3)[C@]23CC[C@H]1O3)c1ccccc1. The summed E-state index contributed by atoms with van der Waals surface area (Å²) >= 11 is 0. The van der Waals surface area contributed by atoms with E-state index in [1.165, 1.54) is 9.80 Å². The predicted molar refractivity (Wildman–Crippen MR) is 174 cm³/mol. The molecule has 0 aromatic heterocycles. The van der Waals surface area contributed by atoms with Gasteiger partial charge >= 0.3 is 5.97 Å². The lowest BCUT2D eigenvalue weighted by molar-refractivity contribution is -0.161. The summed E-state index contributed by atoms with van der Waals surface area (Å²) in [5, 5.41) is 13.1. The lowest BCUT2D eigenvalue weighted by Crippen LogP contribution is -2.58. The van der Waals surface area contributed by atoms with Gasteiger partial charge in [-0.3, -0.25) is 19.2 Å². The summed E-state index contributed by atoms with van der Waals surface area (Å²) in [5.74, 6) is -3.01. The van der Waals surface area contributed by atoms with E-state index in [0.29, 0.717) is 36.3 Å². The Balaban J connectivity index is 1.45. The highest BCUT2D eigenvalue weighted by Crippen LogP contribution is 2.59. The van der Waals surface area contributed by atoms with Crippen LogP contribution in [0.3, 0.4) is 0 Å². The molecule has 0 radical (unpaired) electrons. The molecule has 2 aromatic rings. The first-order valence-corrected chi connectivity index (χ1v) is 16.0. The largest absolute Gasteiger partial charge is 0.497 e. The van der Waals surface area contributed by atoms with E-state index >= 15 is 0 Å². The average molecular weight is 646 g/mol. The van der Waals surface area contributed by atoms with Crippen LogP contribution in [0.2, 0.25) is 0 Å². The molecule has 250 valence electrons. The van der Waals surface area contributed by atoms with Gasteiger partial charge in [-0.15, -0.1) is 13.2 Å². The minimum atomic E-state index is -1.29. The molecule has 0 saturated carbocycles. The standard InChI is InChI=1S/C36H43N3O8/c1-5-7-13-29(41)37-21-28(24-11-9-8-10-12-24)46-35(44)30-27-18-19-36(47-27)31(30)33(42)39(23(3)22-40)32(36)34(43)38(20-6-2)25-14-16-26(45-4)17-15-25/h5-6,8-12,14-17,23,27-28,30-32,40H,1-2,7,13,18-22H2,3-4H3,(H,37,41)/t23-,27-,28+,30+,31+,32-,36+/m1/s1. The smallest absolute Gasteiger partial charge is 0.313 e. The van der Waals surface area contributed by atoms with Gasteiger partial charge in [0.05, 0.1) is 44.2 Å². The number of aliphatic hydroxyl groups excluding tert-OH is 1. The zero-order valence-electron chi connectivity index (χ0n) is 26.9. The molecule has 0 unspecified atom stereocenters. The predicted octanol–water partition coefficient (Wildman–Crippen LogP) is 3.34. The molecule has 0 aliphatic carbocycles. The fourth-order valence-electron chi connectivity index (χ4n) is 7.20. The van der Waals surface area contributed by atoms with Crippen LogP contribution in [0.15, 0.2) is 79.9 Å². The Morgan fingerprint density at radius 3 is 2.51 bits per heavy atom. The average Bonchev–Trinajstić information content (AvgIpc) is 3.75. The Bertz CT molecular complexity index is 1480. The number of benzene rings is 2. The number of aliphatic hydroxyl groups is 1. The normalized spacial score (nSPS) is 25.4. The van der Waals surface area contributed by atoms with Gasteiger partial charge < -0.3 is 34.4 Å². The van der Waals surface area contributed by atoms with Crippen molar-refractivity contribution in [1.82, 2.24) is 10.2 Å². The lowest BCUT2D eigenvalue weighted by atomic mass is 9.70. The Labute approximate surface area is 275 Å². The topological polar surface area (TPSA) is 135 Å². The van der Waals surface area contributed by atoms with Crippen molar-refractivity contribution in [1.29, 1.82) is 0 Å². The van der Waals surface area contributed by atoms with E-state index in [-0.39, 0.29) is 32.0 Å². The molecule has 3 fully saturated rings. The van der Waals surface area contributed by atoms with Crippen molar-refractivity contribution >= 4 is 29.4 Å². The first-order valence-electron chi connectivity index (χ1n) is 16.0. The van der Waals surface area contributed by atoms with E-state index in [1.807, 2.05) is 18.2 Å². The van der Waals surface area contributed by atoms with Crippen molar-refractivity contribution in [3.05, 3.63) is 85.5 Å². The second kappa shape index (κ2) is 14.5. The summed E-state index contributed by atoms with van der Waals surface area (Å²) < 4.78 is 17.9. The molecule has 3 heterocycles. The number of allylic oxidation sites excluding steroid dienone is 1. The zero-order chi connectivity index (χ0) is 33.7. The van der Waals surface area contributed by atoms with Crippen molar-refractivity contribution in [3.8, 4) is 5.75 Å². The number of likely N-dealkylation sites (tertiary alicyclic amines) is 1. The van der Waals surface area contributed by atoms with Crippen molar-refractivity contribution in [2.45, 2.75) is 62.5 Å². The van der Waals surface area contributed by atoms with E-state index in [0.717, 1.165) is 0 Å². The molecule has 1 spiro atoms. The maximum absolute atomic E-state index is 14.6. The summed E-state index contributed by atoms with van der Waals surface area (Å²) in [7, 11) is 1.55. The van der Waals surface area contributed by atoms with Gasteiger partial charge in [0.25, 0.3) is 5.91 Å². The molecular weight excluding hydrogens is 602 g/mol. The lowest BCUT2D eigenvalue weighted by Gasteiger charge is -2.38. The third kappa shape index (κ3) is 6.42. The van der Waals surface area contributed by atoms with Gasteiger partial charge in [0, 0.05) is 18.7 Å². The number of hydrogen-bond donors (Lipinski definition) is 2. The molecule has 7 atom stereocenters. The maximum Gasteiger partial charge on any atom is 0.313 e. The second-order valence-electron chi connectivity index (χ2n) is 12.2. The van der Waals surface area contributed by atoms with E-state index in [9.17, 15) is 24.3 Å². The van der Waals surface area contributed by atoms with Crippen LogP contribution < -0.4 is 15.0 Å². The van der Waals surface area contributed by atoms with Gasteiger partial charge in [-0.25, -0.2) is 0 Å². The van der Waals surface area contributed by atoms with E-state index < -0.39 is 59.5 Å². The van der Waals surface area contributed by atoms with Gasteiger partial charge in [-0.2, -0.15) is 0 Å². The Morgan fingerprint density at radius 2 is 1.87 bits per heavy atom. The maximum atomic E-state index is 14.6. The van der Waals surface area contributed by atoms with Crippen LogP contribution in [-0.2, 0) is 28.7 Å². The monoisotopic (exact) mass is 645 g/mol. The number of nitrogens with zero attached hydrogens (tertiary/aromatic N) is 2. The molecule has 5 rings (SSSR count). The molecular formula is C36H43N3O8. The number of hydrogen-bond acceptors (Lipinski definition) is 8. The number of amides is 3. The van der Waals surface area contributed by atoms with Gasteiger partial charge in [0.2, 0.25) is 11.8 Å². The van der Waals surface area contributed by atoms with Crippen molar-refractivity contribution in [2.75, 3.05) is 31.7 Å².